The van der Waals surface area contributed by atoms with Crippen LogP contribution in [0.2, 0.25) is 0 Å². The third-order valence-electron chi connectivity index (χ3n) is 3.05. The lowest BCUT2D eigenvalue weighted by atomic mass is 9.98. The predicted octanol–water partition coefficient (Wildman–Crippen LogP) is 3.16. The summed E-state index contributed by atoms with van der Waals surface area (Å²) >= 11 is 0. The summed E-state index contributed by atoms with van der Waals surface area (Å²) in [5.74, 6) is 0.946. The van der Waals surface area contributed by atoms with Crippen LogP contribution in [0.5, 0.6) is 5.75 Å². The normalized spacial score (nSPS) is 14.2. The molecule has 0 aliphatic rings. The van der Waals surface area contributed by atoms with Gasteiger partial charge in [0.1, 0.15) is 5.75 Å². The minimum absolute atomic E-state index is 0.159. The van der Waals surface area contributed by atoms with E-state index in [1.807, 2.05) is 25.1 Å². The second-order valence-electron chi connectivity index (χ2n) is 4.19. The highest BCUT2D eigenvalue weighted by Gasteiger charge is 2.23. The van der Waals surface area contributed by atoms with Gasteiger partial charge in [0.2, 0.25) is 0 Å². The van der Waals surface area contributed by atoms with Crippen molar-refractivity contribution in [1.82, 2.24) is 5.32 Å². The molecule has 0 fully saturated rings. The van der Waals surface area contributed by atoms with Crippen molar-refractivity contribution >= 4 is 0 Å². The van der Waals surface area contributed by atoms with Crippen molar-refractivity contribution in [2.75, 3.05) is 20.3 Å². The molecule has 102 valence electrons. The van der Waals surface area contributed by atoms with E-state index in [0.717, 1.165) is 18.7 Å². The Labute approximate surface area is 110 Å². The Morgan fingerprint density at radius 3 is 2.44 bits per heavy atom. The zero-order chi connectivity index (χ0) is 13.4. The number of rotatable bonds is 8. The Kier molecular flexibility index (Phi) is 6.76. The Hall–Kier alpha value is -1.06. The van der Waals surface area contributed by atoms with Crippen LogP contribution in [0.3, 0.4) is 0 Å². The van der Waals surface area contributed by atoms with Gasteiger partial charge < -0.3 is 14.8 Å². The zero-order valence-corrected chi connectivity index (χ0v) is 11.9. The SMILES string of the molecule is CCNC(c1ccccc1OCC)C(CC)OC. The molecule has 0 radical (unpaired) electrons. The molecular formula is C15H25NO2. The molecule has 0 amide bonds. The number of likely N-dealkylation sites (N-methyl/N-ethyl adjacent to an activating group) is 1. The molecule has 1 aromatic rings. The van der Waals surface area contributed by atoms with Gasteiger partial charge in [-0.05, 0) is 26.0 Å². The molecule has 1 N–H and O–H groups in total. The molecule has 0 heterocycles. The Bertz CT molecular complexity index is 337. The molecule has 0 spiro atoms. The second kappa shape index (κ2) is 8.11. The molecule has 0 saturated heterocycles. The van der Waals surface area contributed by atoms with E-state index in [9.17, 15) is 0 Å². The molecule has 2 atom stereocenters. The van der Waals surface area contributed by atoms with Crippen LogP contribution in [-0.4, -0.2) is 26.4 Å². The summed E-state index contributed by atoms with van der Waals surface area (Å²) in [6.45, 7) is 7.84. The molecule has 0 bridgehead atoms. The number of benzene rings is 1. The number of ether oxygens (including phenoxy) is 2. The van der Waals surface area contributed by atoms with Crippen molar-refractivity contribution in [3.05, 3.63) is 29.8 Å². The lowest BCUT2D eigenvalue weighted by Crippen LogP contribution is -2.33. The molecule has 3 nitrogen and oxygen atoms in total. The third kappa shape index (κ3) is 3.72. The summed E-state index contributed by atoms with van der Waals surface area (Å²) in [4.78, 5) is 0. The largest absolute Gasteiger partial charge is 0.494 e. The van der Waals surface area contributed by atoms with Crippen molar-refractivity contribution in [1.29, 1.82) is 0 Å². The van der Waals surface area contributed by atoms with E-state index in [0.29, 0.717) is 6.61 Å². The van der Waals surface area contributed by atoms with Crippen molar-refractivity contribution in [3.8, 4) is 5.75 Å². The summed E-state index contributed by atoms with van der Waals surface area (Å²) in [7, 11) is 1.77. The van der Waals surface area contributed by atoms with Crippen molar-refractivity contribution in [2.45, 2.75) is 39.3 Å². The zero-order valence-electron chi connectivity index (χ0n) is 11.9. The molecule has 0 aliphatic carbocycles. The van der Waals surface area contributed by atoms with Gasteiger partial charge in [-0.1, -0.05) is 32.0 Å². The number of methoxy groups -OCH3 is 1. The first-order valence-corrected chi connectivity index (χ1v) is 6.76. The van der Waals surface area contributed by atoms with E-state index in [1.165, 1.54) is 5.56 Å². The summed E-state index contributed by atoms with van der Waals surface area (Å²) in [5, 5.41) is 3.49. The Balaban J connectivity index is 3.03. The van der Waals surface area contributed by atoms with Crippen LogP contribution in [0.1, 0.15) is 38.8 Å². The molecule has 1 rings (SSSR count). The van der Waals surface area contributed by atoms with Crippen LogP contribution in [-0.2, 0) is 4.74 Å². The minimum atomic E-state index is 0.159. The van der Waals surface area contributed by atoms with Gasteiger partial charge >= 0.3 is 0 Å². The molecular weight excluding hydrogens is 226 g/mol. The maximum absolute atomic E-state index is 5.71. The van der Waals surface area contributed by atoms with E-state index in [-0.39, 0.29) is 12.1 Å². The van der Waals surface area contributed by atoms with E-state index in [2.05, 4.69) is 25.2 Å². The fraction of sp³-hybridized carbons (Fsp3) is 0.600. The van der Waals surface area contributed by atoms with Crippen LogP contribution < -0.4 is 10.1 Å². The minimum Gasteiger partial charge on any atom is -0.494 e. The molecule has 0 aromatic heterocycles. The number of hydrogen-bond acceptors (Lipinski definition) is 3. The maximum atomic E-state index is 5.71. The van der Waals surface area contributed by atoms with E-state index in [4.69, 9.17) is 9.47 Å². The first kappa shape index (κ1) is 15.0. The highest BCUT2D eigenvalue weighted by atomic mass is 16.5. The summed E-state index contributed by atoms with van der Waals surface area (Å²) < 4.78 is 11.3. The highest BCUT2D eigenvalue weighted by Crippen LogP contribution is 2.29. The lowest BCUT2D eigenvalue weighted by molar-refractivity contribution is 0.0646. The van der Waals surface area contributed by atoms with Gasteiger partial charge in [0, 0.05) is 12.7 Å². The molecule has 18 heavy (non-hydrogen) atoms. The first-order valence-electron chi connectivity index (χ1n) is 6.76. The van der Waals surface area contributed by atoms with Gasteiger partial charge in [-0.15, -0.1) is 0 Å². The lowest BCUT2D eigenvalue weighted by Gasteiger charge is -2.27. The fourth-order valence-electron chi connectivity index (χ4n) is 2.22. The summed E-state index contributed by atoms with van der Waals surface area (Å²) in [5.41, 5.74) is 1.18. The Morgan fingerprint density at radius 2 is 1.89 bits per heavy atom. The van der Waals surface area contributed by atoms with Gasteiger partial charge in [-0.2, -0.15) is 0 Å². The molecule has 0 aliphatic heterocycles. The smallest absolute Gasteiger partial charge is 0.124 e. The fourth-order valence-corrected chi connectivity index (χ4v) is 2.22. The molecule has 1 aromatic carbocycles. The average molecular weight is 251 g/mol. The standard InChI is InChI=1S/C15H25NO2/c1-5-13(17-4)15(16-6-2)12-10-8-9-11-14(12)18-7-3/h8-11,13,15-16H,5-7H2,1-4H3. The number of hydrogen-bond donors (Lipinski definition) is 1. The van der Waals surface area contributed by atoms with Crippen LogP contribution in [0.15, 0.2) is 24.3 Å². The van der Waals surface area contributed by atoms with Gasteiger partial charge in [0.05, 0.1) is 18.8 Å². The van der Waals surface area contributed by atoms with Gasteiger partial charge in [-0.25, -0.2) is 0 Å². The topological polar surface area (TPSA) is 30.5 Å². The number of para-hydroxylation sites is 1. The quantitative estimate of drug-likeness (QED) is 0.770. The van der Waals surface area contributed by atoms with Gasteiger partial charge in [0.15, 0.2) is 0 Å². The van der Waals surface area contributed by atoms with Crippen LogP contribution in [0, 0.1) is 0 Å². The summed E-state index contributed by atoms with van der Waals surface area (Å²) in [6, 6.07) is 8.36. The van der Waals surface area contributed by atoms with Gasteiger partial charge in [0.25, 0.3) is 0 Å². The Morgan fingerprint density at radius 1 is 1.17 bits per heavy atom. The molecule has 0 saturated carbocycles. The molecule has 2 unspecified atom stereocenters. The van der Waals surface area contributed by atoms with Crippen molar-refractivity contribution < 1.29 is 9.47 Å². The van der Waals surface area contributed by atoms with Crippen molar-refractivity contribution in [3.63, 3.8) is 0 Å². The maximum Gasteiger partial charge on any atom is 0.124 e. The average Bonchev–Trinajstić information content (AvgIpc) is 2.40. The molecule has 3 heteroatoms. The monoisotopic (exact) mass is 251 g/mol. The highest BCUT2D eigenvalue weighted by molar-refractivity contribution is 5.36. The van der Waals surface area contributed by atoms with Crippen molar-refractivity contribution in [2.24, 2.45) is 0 Å². The van der Waals surface area contributed by atoms with Crippen LogP contribution in [0.4, 0.5) is 0 Å². The van der Waals surface area contributed by atoms with Crippen LogP contribution >= 0.6 is 0 Å². The van der Waals surface area contributed by atoms with E-state index >= 15 is 0 Å². The number of nitrogens with one attached hydrogen (secondary N) is 1. The van der Waals surface area contributed by atoms with E-state index < -0.39 is 0 Å². The third-order valence-corrected chi connectivity index (χ3v) is 3.05. The van der Waals surface area contributed by atoms with E-state index in [1.54, 1.807) is 7.11 Å². The summed E-state index contributed by atoms with van der Waals surface area (Å²) in [6.07, 6.45) is 1.13. The van der Waals surface area contributed by atoms with Gasteiger partial charge in [-0.3, -0.25) is 0 Å². The first-order chi connectivity index (χ1) is 8.78. The second-order valence-corrected chi connectivity index (χ2v) is 4.19. The van der Waals surface area contributed by atoms with Crippen LogP contribution in [0.25, 0.3) is 0 Å². The predicted molar refractivity (Wildman–Crippen MR) is 75.1 cm³/mol.